The van der Waals surface area contributed by atoms with Gasteiger partial charge in [0.2, 0.25) is 10.0 Å². The summed E-state index contributed by atoms with van der Waals surface area (Å²) in [7, 11) is -3.44. The molecule has 0 spiro atoms. The molecule has 0 aromatic heterocycles. The molecule has 6 heteroatoms. The standard InChI is InChI=1S/C9H9BrN2O2S/c10-5-6-12-15(13,14)9-3-1-8(7-11)2-4-9/h1-4,12H,5-6H2. The van der Waals surface area contributed by atoms with E-state index >= 15 is 0 Å². The van der Waals surface area contributed by atoms with Crippen molar-refractivity contribution >= 4 is 26.0 Å². The van der Waals surface area contributed by atoms with Crippen molar-refractivity contribution in [2.45, 2.75) is 4.90 Å². The van der Waals surface area contributed by atoms with Gasteiger partial charge >= 0.3 is 0 Å². The lowest BCUT2D eigenvalue weighted by molar-refractivity contribution is 0.584. The number of halogens is 1. The average Bonchev–Trinajstić information content (AvgIpc) is 2.26. The first kappa shape index (κ1) is 12.2. The summed E-state index contributed by atoms with van der Waals surface area (Å²) in [5.41, 5.74) is 0.439. The third-order valence-corrected chi connectivity index (χ3v) is 3.55. The van der Waals surface area contributed by atoms with Crippen LogP contribution >= 0.6 is 15.9 Å². The highest BCUT2D eigenvalue weighted by molar-refractivity contribution is 9.09. The smallest absolute Gasteiger partial charge is 0.210 e. The third-order valence-electron chi connectivity index (χ3n) is 1.68. The normalized spacial score (nSPS) is 10.9. The van der Waals surface area contributed by atoms with Gasteiger partial charge in [0.25, 0.3) is 0 Å². The van der Waals surface area contributed by atoms with Crippen LogP contribution in [0.3, 0.4) is 0 Å². The van der Waals surface area contributed by atoms with Gasteiger partial charge in [0, 0.05) is 11.9 Å². The van der Waals surface area contributed by atoms with Crippen molar-refractivity contribution in [3.63, 3.8) is 0 Å². The molecule has 0 aliphatic carbocycles. The molecule has 0 saturated carbocycles. The lowest BCUT2D eigenvalue weighted by Gasteiger charge is -2.04. The Morgan fingerprint density at radius 3 is 2.40 bits per heavy atom. The van der Waals surface area contributed by atoms with Crippen LogP contribution in [0.5, 0.6) is 0 Å². The van der Waals surface area contributed by atoms with Crippen LogP contribution in [0.25, 0.3) is 0 Å². The molecule has 0 bridgehead atoms. The van der Waals surface area contributed by atoms with Gasteiger partial charge in [0.1, 0.15) is 0 Å². The summed E-state index contributed by atoms with van der Waals surface area (Å²) >= 11 is 3.13. The second-order valence-electron chi connectivity index (χ2n) is 2.72. The van der Waals surface area contributed by atoms with E-state index in [0.29, 0.717) is 17.4 Å². The van der Waals surface area contributed by atoms with E-state index in [9.17, 15) is 8.42 Å². The van der Waals surface area contributed by atoms with Gasteiger partial charge in [-0.25, -0.2) is 13.1 Å². The Labute approximate surface area is 97.1 Å². The molecular formula is C9H9BrN2O2S. The molecule has 0 aliphatic rings. The Hall–Kier alpha value is -0.900. The summed E-state index contributed by atoms with van der Waals surface area (Å²) in [6, 6.07) is 7.70. The molecule has 0 aliphatic heterocycles. The summed E-state index contributed by atoms with van der Waals surface area (Å²) < 4.78 is 25.6. The van der Waals surface area contributed by atoms with Gasteiger partial charge in [-0.05, 0) is 24.3 Å². The number of nitrogens with zero attached hydrogens (tertiary/aromatic N) is 1. The highest BCUT2D eigenvalue weighted by atomic mass is 79.9. The molecule has 4 nitrogen and oxygen atoms in total. The molecule has 0 fully saturated rings. The van der Waals surface area contributed by atoms with E-state index in [2.05, 4.69) is 20.7 Å². The summed E-state index contributed by atoms with van der Waals surface area (Å²) in [4.78, 5) is 0.169. The second-order valence-corrected chi connectivity index (χ2v) is 5.28. The van der Waals surface area contributed by atoms with E-state index in [-0.39, 0.29) is 4.90 Å². The van der Waals surface area contributed by atoms with Gasteiger partial charge in [-0.15, -0.1) is 0 Å². The Morgan fingerprint density at radius 2 is 1.93 bits per heavy atom. The SMILES string of the molecule is N#Cc1ccc(S(=O)(=O)NCCBr)cc1. The Bertz CT molecular complexity index is 462. The molecule has 0 amide bonds. The minimum Gasteiger partial charge on any atom is -0.210 e. The van der Waals surface area contributed by atoms with Gasteiger partial charge in [-0.3, -0.25) is 0 Å². The minimum atomic E-state index is -3.44. The molecule has 1 N–H and O–H groups in total. The second kappa shape index (κ2) is 5.26. The predicted octanol–water partition coefficient (Wildman–Crippen LogP) is 1.23. The fraction of sp³-hybridized carbons (Fsp3) is 0.222. The van der Waals surface area contributed by atoms with Crippen LogP contribution in [0.1, 0.15) is 5.56 Å². The topological polar surface area (TPSA) is 70.0 Å². The fourth-order valence-electron chi connectivity index (χ4n) is 0.965. The van der Waals surface area contributed by atoms with Gasteiger partial charge in [0.05, 0.1) is 16.5 Å². The fourth-order valence-corrected chi connectivity index (χ4v) is 2.46. The summed E-state index contributed by atoms with van der Waals surface area (Å²) in [6.07, 6.45) is 0. The Kier molecular flexibility index (Phi) is 4.27. The lowest BCUT2D eigenvalue weighted by atomic mass is 10.2. The summed E-state index contributed by atoms with van der Waals surface area (Å²) in [5.74, 6) is 0. The zero-order valence-corrected chi connectivity index (χ0v) is 10.2. The largest absolute Gasteiger partial charge is 0.240 e. The number of alkyl halides is 1. The molecule has 0 saturated heterocycles. The molecule has 1 aromatic rings. The van der Waals surface area contributed by atoms with E-state index in [1.165, 1.54) is 24.3 Å². The van der Waals surface area contributed by atoms with Gasteiger partial charge in [0.15, 0.2) is 0 Å². The summed E-state index contributed by atoms with van der Waals surface area (Å²) in [5, 5.41) is 9.11. The van der Waals surface area contributed by atoms with Gasteiger partial charge in [-0.2, -0.15) is 5.26 Å². The van der Waals surface area contributed by atoms with Crippen LogP contribution in [-0.4, -0.2) is 20.3 Å². The van der Waals surface area contributed by atoms with E-state index in [4.69, 9.17) is 5.26 Å². The van der Waals surface area contributed by atoms with Crippen molar-refractivity contribution in [3.8, 4) is 6.07 Å². The number of hydrogen-bond donors (Lipinski definition) is 1. The predicted molar refractivity (Wildman–Crippen MR) is 60.1 cm³/mol. The van der Waals surface area contributed by atoms with Crippen molar-refractivity contribution in [1.82, 2.24) is 4.72 Å². The molecular weight excluding hydrogens is 280 g/mol. The molecule has 15 heavy (non-hydrogen) atoms. The van der Waals surface area contributed by atoms with E-state index < -0.39 is 10.0 Å². The molecule has 1 aromatic carbocycles. The van der Waals surface area contributed by atoms with Crippen molar-refractivity contribution in [3.05, 3.63) is 29.8 Å². The number of hydrogen-bond acceptors (Lipinski definition) is 3. The van der Waals surface area contributed by atoms with Crippen molar-refractivity contribution in [2.24, 2.45) is 0 Å². The monoisotopic (exact) mass is 288 g/mol. The number of nitrogens with one attached hydrogen (secondary N) is 1. The van der Waals surface area contributed by atoms with E-state index in [0.717, 1.165) is 0 Å². The molecule has 80 valence electrons. The minimum absolute atomic E-state index is 0.169. The third kappa shape index (κ3) is 3.30. The highest BCUT2D eigenvalue weighted by Gasteiger charge is 2.12. The van der Waals surface area contributed by atoms with Gasteiger partial charge < -0.3 is 0 Å². The van der Waals surface area contributed by atoms with Crippen molar-refractivity contribution < 1.29 is 8.42 Å². The molecule has 0 unspecified atom stereocenters. The van der Waals surface area contributed by atoms with Crippen LogP contribution in [0, 0.1) is 11.3 Å². The first-order chi connectivity index (χ1) is 7.10. The maximum absolute atomic E-state index is 11.6. The maximum Gasteiger partial charge on any atom is 0.240 e. The molecule has 0 heterocycles. The zero-order chi connectivity index (χ0) is 11.3. The Balaban J connectivity index is 2.92. The van der Waals surface area contributed by atoms with Crippen LogP contribution in [0.2, 0.25) is 0 Å². The quantitative estimate of drug-likeness (QED) is 0.848. The zero-order valence-electron chi connectivity index (χ0n) is 7.77. The van der Waals surface area contributed by atoms with Crippen molar-refractivity contribution in [1.29, 1.82) is 5.26 Å². The van der Waals surface area contributed by atoms with Crippen LogP contribution in [0.4, 0.5) is 0 Å². The average molecular weight is 289 g/mol. The highest BCUT2D eigenvalue weighted by Crippen LogP contribution is 2.09. The number of rotatable bonds is 4. The molecule has 0 atom stereocenters. The lowest BCUT2D eigenvalue weighted by Crippen LogP contribution is -2.25. The molecule has 1 rings (SSSR count). The van der Waals surface area contributed by atoms with Gasteiger partial charge in [-0.1, -0.05) is 15.9 Å². The maximum atomic E-state index is 11.6. The number of benzene rings is 1. The van der Waals surface area contributed by atoms with E-state index in [1.807, 2.05) is 6.07 Å². The Morgan fingerprint density at radius 1 is 1.33 bits per heavy atom. The number of sulfonamides is 1. The summed E-state index contributed by atoms with van der Waals surface area (Å²) in [6.45, 7) is 0.336. The first-order valence-electron chi connectivity index (χ1n) is 4.16. The molecule has 0 radical (unpaired) electrons. The van der Waals surface area contributed by atoms with Crippen LogP contribution < -0.4 is 4.72 Å². The van der Waals surface area contributed by atoms with Crippen molar-refractivity contribution in [2.75, 3.05) is 11.9 Å². The first-order valence-corrected chi connectivity index (χ1v) is 6.76. The van der Waals surface area contributed by atoms with Crippen LogP contribution in [-0.2, 0) is 10.0 Å². The number of nitriles is 1. The van der Waals surface area contributed by atoms with E-state index in [1.54, 1.807) is 0 Å². The van der Waals surface area contributed by atoms with Crippen LogP contribution in [0.15, 0.2) is 29.2 Å².